The van der Waals surface area contributed by atoms with Crippen LogP contribution >= 0.6 is 11.3 Å². The van der Waals surface area contributed by atoms with Crippen molar-refractivity contribution in [3.8, 4) is 17.0 Å². The lowest BCUT2D eigenvalue weighted by Gasteiger charge is -2.08. The van der Waals surface area contributed by atoms with Crippen molar-refractivity contribution in [2.24, 2.45) is 0 Å². The molecule has 1 aromatic heterocycles. The Labute approximate surface area is 188 Å². The highest BCUT2D eigenvalue weighted by molar-refractivity contribution is 7.91. The van der Waals surface area contributed by atoms with Crippen LogP contribution in [-0.4, -0.2) is 25.9 Å². The van der Waals surface area contributed by atoms with Crippen LogP contribution in [0.5, 0.6) is 5.75 Å². The summed E-state index contributed by atoms with van der Waals surface area (Å²) in [6, 6.07) is 19.9. The molecule has 6 nitrogen and oxygen atoms in total. The van der Waals surface area contributed by atoms with E-state index >= 15 is 0 Å². The Balaban J connectivity index is 1.34. The fourth-order valence-corrected chi connectivity index (χ4v) is 4.86. The van der Waals surface area contributed by atoms with Gasteiger partial charge in [0.25, 0.3) is 5.91 Å². The zero-order chi connectivity index (χ0) is 22.6. The van der Waals surface area contributed by atoms with Gasteiger partial charge in [-0.1, -0.05) is 18.2 Å². The average molecular weight is 469 g/mol. The van der Waals surface area contributed by atoms with Crippen LogP contribution < -0.4 is 10.1 Å². The van der Waals surface area contributed by atoms with Crippen LogP contribution in [-0.2, 0) is 14.6 Å². The number of sulfone groups is 1. The molecule has 0 aliphatic rings. The van der Waals surface area contributed by atoms with Gasteiger partial charge >= 0.3 is 0 Å². The lowest BCUT2D eigenvalue weighted by Crippen LogP contribution is -2.20. The van der Waals surface area contributed by atoms with Crippen LogP contribution in [0.2, 0.25) is 0 Å². The van der Waals surface area contributed by atoms with Crippen LogP contribution in [0.1, 0.15) is 0 Å². The van der Waals surface area contributed by atoms with Gasteiger partial charge in [-0.25, -0.2) is 17.8 Å². The minimum atomic E-state index is -3.61. The van der Waals surface area contributed by atoms with Crippen molar-refractivity contribution in [1.29, 1.82) is 0 Å². The molecule has 0 aliphatic heterocycles. The molecule has 4 rings (SSSR count). The number of anilines is 1. The Morgan fingerprint density at radius 2 is 1.59 bits per heavy atom. The summed E-state index contributed by atoms with van der Waals surface area (Å²) >= 11 is 1.24. The first-order valence-corrected chi connectivity index (χ1v) is 11.8. The predicted octanol–water partition coefficient (Wildman–Crippen LogP) is 4.80. The van der Waals surface area contributed by atoms with E-state index in [1.165, 1.54) is 59.9 Å². The zero-order valence-electron chi connectivity index (χ0n) is 16.6. The molecular weight excluding hydrogens is 451 g/mol. The zero-order valence-corrected chi connectivity index (χ0v) is 18.2. The van der Waals surface area contributed by atoms with E-state index in [9.17, 15) is 17.6 Å². The van der Waals surface area contributed by atoms with E-state index in [1.54, 1.807) is 35.7 Å². The number of amides is 1. The number of carbonyl (C=O) groups is 1. The summed E-state index contributed by atoms with van der Waals surface area (Å²) in [4.78, 5) is 16.8. The molecule has 0 aliphatic carbocycles. The minimum Gasteiger partial charge on any atom is -0.484 e. The molecule has 0 radical (unpaired) electrons. The van der Waals surface area contributed by atoms with E-state index in [4.69, 9.17) is 4.74 Å². The molecular formula is C23H17FN2O4S2. The summed E-state index contributed by atoms with van der Waals surface area (Å²) < 4.78 is 43.7. The van der Waals surface area contributed by atoms with Crippen molar-refractivity contribution in [3.05, 3.63) is 90.1 Å². The lowest BCUT2D eigenvalue weighted by molar-refractivity contribution is -0.118. The Bertz CT molecular complexity index is 1320. The Hall–Kier alpha value is -3.56. The van der Waals surface area contributed by atoms with E-state index in [2.05, 4.69) is 10.3 Å². The van der Waals surface area contributed by atoms with E-state index < -0.39 is 15.7 Å². The second kappa shape index (κ2) is 9.29. The van der Waals surface area contributed by atoms with Gasteiger partial charge in [0.2, 0.25) is 9.84 Å². The van der Waals surface area contributed by atoms with E-state index in [1.807, 2.05) is 0 Å². The smallest absolute Gasteiger partial charge is 0.264 e. The first-order valence-electron chi connectivity index (χ1n) is 9.46. The quantitative estimate of drug-likeness (QED) is 0.421. The Morgan fingerprint density at radius 1 is 0.938 bits per heavy atom. The first kappa shape index (κ1) is 21.7. The topological polar surface area (TPSA) is 85.4 Å². The number of nitrogens with zero attached hydrogens (tertiary/aromatic N) is 1. The number of benzene rings is 3. The molecule has 4 aromatic rings. The number of rotatable bonds is 7. The highest BCUT2D eigenvalue weighted by Gasteiger charge is 2.17. The molecule has 9 heteroatoms. The molecule has 1 heterocycles. The van der Waals surface area contributed by atoms with Crippen molar-refractivity contribution in [1.82, 2.24) is 4.98 Å². The number of thiazole rings is 1. The third kappa shape index (κ3) is 5.01. The first-order chi connectivity index (χ1) is 15.4. The molecule has 1 N–H and O–H groups in total. The van der Waals surface area contributed by atoms with Crippen molar-refractivity contribution in [3.63, 3.8) is 0 Å². The maximum Gasteiger partial charge on any atom is 0.264 e. The van der Waals surface area contributed by atoms with Gasteiger partial charge in [0.1, 0.15) is 11.6 Å². The van der Waals surface area contributed by atoms with Crippen molar-refractivity contribution in [2.45, 2.75) is 9.79 Å². The molecule has 0 unspecified atom stereocenters. The van der Waals surface area contributed by atoms with Gasteiger partial charge in [-0.2, -0.15) is 0 Å². The van der Waals surface area contributed by atoms with Crippen LogP contribution in [0.4, 0.5) is 9.52 Å². The van der Waals surface area contributed by atoms with Crippen LogP contribution in [0.15, 0.2) is 94.0 Å². The Kier molecular flexibility index (Phi) is 6.29. The Morgan fingerprint density at radius 3 is 2.28 bits per heavy atom. The number of aromatic nitrogens is 1. The molecule has 0 bridgehead atoms. The maximum atomic E-state index is 13.0. The second-order valence-electron chi connectivity index (χ2n) is 6.67. The highest BCUT2D eigenvalue weighted by atomic mass is 32.2. The highest BCUT2D eigenvalue weighted by Crippen LogP contribution is 2.25. The summed E-state index contributed by atoms with van der Waals surface area (Å²) in [6.07, 6.45) is 0. The van der Waals surface area contributed by atoms with Gasteiger partial charge < -0.3 is 4.74 Å². The third-order valence-electron chi connectivity index (χ3n) is 4.45. The number of nitrogens with one attached hydrogen (secondary N) is 1. The molecule has 0 saturated heterocycles. The van der Waals surface area contributed by atoms with Gasteiger partial charge in [-0.3, -0.25) is 10.1 Å². The normalized spacial score (nSPS) is 11.2. The number of hydrogen-bond acceptors (Lipinski definition) is 6. The van der Waals surface area contributed by atoms with Gasteiger partial charge in [-0.05, 0) is 60.7 Å². The van der Waals surface area contributed by atoms with Gasteiger partial charge in [0.15, 0.2) is 11.7 Å². The third-order valence-corrected chi connectivity index (χ3v) is 6.99. The largest absolute Gasteiger partial charge is 0.484 e. The van der Waals surface area contributed by atoms with Crippen LogP contribution in [0, 0.1) is 5.82 Å². The van der Waals surface area contributed by atoms with Crippen molar-refractivity contribution in [2.75, 3.05) is 11.9 Å². The standard InChI is InChI=1S/C23H17FN2O4S2/c24-17-8-6-16(7-9-17)21-15-31-23(25-21)26-22(27)14-30-18-10-12-20(13-11-18)32(28,29)19-4-2-1-3-5-19/h1-13,15H,14H2,(H,25,26,27). The lowest BCUT2D eigenvalue weighted by atomic mass is 10.2. The number of carbonyl (C=O) groups excluding carboxylic acids is 1. The van der Waals surface area contributed by atoms with Gasteiger partial charge in [0, 0.05) is 10.9 Å². The molecule has 0 saturated carbocycles. The fraction of sp³-hybridized carbons (Fsp3) is 0.0435. The molecule has 3 aromatic carbocycles. The molecule has 0 fully saturated rings. The van der Waals surface area contributed by atoms with Gasteiger partial charge in [-0.15, -0.1) is 11.3 Å². The molecule has 32 heavy (non-hydrogen) atoms. The van der Waals surface area contributed by atoms with E-state index in [0.717, 1.165) is 5.56 Å². The second-order valence-corrected chi connectivity index (χ2v) is 9.48. The number of ether oxygens (including phenoxy) is 1. The van der Waals surface area contributed by atoms with Crippen LogP contribution in [0.3, 0.4) is 0 Å². The van der Waals surface area contributed by atoms with Crippen LogP contribution in [0.25, 0.3) is 11.3 Å². The average Bonchev–Trinajstić information content (AvgIpc) is 3.27. The fourth-order valence-electron chi connectivity index (χ4n) is 2.84. The maximum absolute atomic E-state index is 13.0. The molecule has 0 atom stereocenters. The SMILES string of the molecule is O=C(COc1ccc(S(=O)(=O)c2ccccc2)cc1)Nc1nc(-c2ccc(F)cc2)cs1. The summed E-state index contributed by atoms with van der Waals surface area (Å²) in [5.74, 6) is -0.385. The van der Waals surface area contributed by atoms with Crippen molar-refractivity contribution >= 4 is 32.2 Å². The number of hydrogen-bond donors (Lipinski definition) is 1. The molecule has 1 amide bonds. The van der Waals surface area contributed by atoms with Gasteiger partial charge in [0.05, 0.1) is 15.5 Å². The van der Waals surface area contributed by atoms with E-state index in [0.29, 0.717) is 16.6 Å². The van der Waals surface area contributed by atoms with Crippen molar-refractivity contribution < 1.29 is 22.3 Å². The summed E-state index contributed by atoms with van der Waals surface area (Å²) in [5, 5.41) is 4.79. The number of halogens is 1. The molecule has 162 valence electrons. The summed E-state index contributed by atoms with van der Waals surface area (Å²) in [7, 11) is -3.61. The monoisotopic (exact) mass is 468 g/mol. The minimum absolute atomic E-state index is 0.136. The predicted molar refractivity (Wildman–Crippen MR) is 120 cm³/mol. The summed E-state index contributed by atoms with van der Waals surface area (Å²) in [5.41, 5.74) is 1.37. The summed E-state index contributed by atoms with van der Waals surface area (Å²) in [6.45, 7) is -0.268. The molecule has 0 spiro atoms. The van der Waals surface area contributed by atoms with E-state index in [-0.39, 0.29) is 22.2 Å².